The van der Waals surface area contributed by atoms with E-state index in [9.17, 15) is 4.79 Å². The van der Waals surface area contributed by atoms with Gasteiger partial charge in [0.15, 0.2) is 0 Å². The van der Waals surface area contributed by atoms with E-state index in [4.69, 9.17) is 0 Å². The number of likely N-dealkylation sites (tertiary alicyclic amines) is 2. The summed E-state index contributed by atoms with van der Waals surface area (Å²) in [6.07, 6.45) is 4.96. The van der Waals surface area contributed by atoms with Crippen LogP contribution in [-0.4, -0.2) is 58.1 Å². The molecule has 1 N–H and O–H groups in total. The second-order valence-corrected chi connectivity index (χ2v) is 7.14. The Morgan fingerprint density at radius 1 is 1.27 bits per heavy atom. The summed E-state index contributed by atoms with van der Waals surface area (Å²) in [7, 11) is 0. The maximum Gasteiger partial charge on any atom is 0.225 e. The van der Waals surface area contributed by atoms with Crippen LogP contribution in [-0.2, 0) is 4.79 Å². The van der Waals surface area contributed by atoms with Crippen LogP contribution in [0.15, 0.2) is 6.20 Å². The Labute approximate surface area is 133 Å². The Kier molecular flexibility index (Phi) is 4.52. The van der Waals surface area contributed by atoms with Gasteiger partial charge in [0, 0.05) is 36.7 Å². The van der Waals surface area contributed by atoms with Crippen molar-refractivity contribution >= 4 is 5.91 Å². The summed E-state index contributed by atoms with van der Waals surface area (Å²) in [5, 5.41) is 7.23. The van der Waals surface area contributed by atoms with Gasteiger partial charge in [0.25, 0.3) is 0 Å². The molecule has 0 radical (unpaired) electrons. The first-order chi connectivity index (χ1) is 10.6. The highest BCUT2D eigenvalue weighted by Crippen LogP contribution is 2.30. The summed E-state index contributed by atoms with van der Waals surface area (Å²) in [5.74, 6) is 1.04. The quantitative estimate of drug-likeness (QED) is 0.931. The molecule has 0 saturated carbocycles. The highest BCUT2D eigenvalue weighted by Gasteiger charge is 2.34. The molecule has 1 aromatic rings. The lowest BCUT2D eigenvalue weighted by molar-refractivity contribution is -0.136. The first-order valence-electron chi connectivity index (χ1n) is 8.59. The molecule has 0 bridgehead atoms. The van der Waals surface area contributed by atoms with Crippen LogP contribution in [0.4, 0.5) is 0 Å². The summed E-state index contributed by atoms with van der Waals surface area (Å²) in [6.45, 7) is 10.4. The molecule has 3 rings (SSSR count). The van der Waals surface area contributed by atoms with E-state index in [0.29, 0.717) is 17.9 Å². The number of aromatic amines is 1. The smallest absolute Gasteiger partial charge is 0.225 e. The van der Waals surface area contributed by atoms with Gasteiger partial charge in [-0.1, -0.05) is 0 Å². The number of hydrogen-bond donors (Lipinski definition) is 1. The number of aromatic nitrogens is 2. The van der Waals surface area contributed by atoms with E-state index in [1.165, 1.54) is 11.3 Å². The van der Waals surface area contributed by atoms with Crippen molar-refractivity contribution in [3.05, 3.63) is 17.5 Å². The molecule has 5 nitrogen and oxygen atoms in total. The van der Waals surface area contributed by atoms with Crippen LogP contribution in [0.25, 0.3) is 0 Å². The SMILES string of the molecule is Cc1cn[nH]c1[C@@H]1CCN(C(=O)C2CCN(C(C)C)CC2)C1. The van der Waals surface area contributed by atoms with E-state index in [2.05, 4.69) is 40.8 Å². The van der Waals surface area contributed by atoms with Gasteiger partial charge in [-0.05, 0) is 58.7 Å². The van der Waals surface area contributed by atoms with Gasteiger partial charge >= 0.3 is 0 Å². The third-order valence-corrected chi connectivity index (χ3v) is 5.39. The monoisotopic (exact) mass is 304 g/mol. The van der Waals surface area contributed by atoms with Gasteiger partial charge in [-0.25, -0.2) is 0 Å². The molecule has 2 aliphatic heterocycles. The van der Waals surface area contributed by atoms with Crippen molar-refractivity contribution in [3.8, 4) is 0 Å². The van der Waals surface area contributed by atoms with Gasteiger partial charge in [-0.3, -0.25) is 9.89 Å². The first kappa shape index (κ1) is 15.5. The van der Waals surface area contributed by atoms with Crippen molar-refractivity contribution in [3.63, 3.8) is 0 Å². The van der Waals surface area contributed by atoms with Gasteiger partial charge in [0.2, 0.25) is 5.91 Å². The summed E-state index contributed by atoms with van der Waals surface area (Å²) < 4.78 is 0. The largest absolute Gasteiger partial charge is 0.342 e. The molecule has 0 aliphatic carbocycles. The maximum absolute atomic E-state index is 12.8. The zero-order valence-electron chi connectivity index (χ0n) is 14.0. The van der Waals surface area contributed by atoms with Gasteiger partial charge in [0.05, 0.1) is 6.20 Å². The minimum Gasteiger partial charge on any atom is -0.342 e. The first-order valence-corrected chi connectivity index (χ1v) is 8.59. The molecule has 2 fully saturated rings. The number of amides is 1. The van der Waals surface area contributed by atoms with E-state index in [1.807, 2.05) is 6.20 Å². The van der Waals surface area contributed by atoms with E-state index in [1.54, 1.807) is 0 Å². The average molecular weight is 304 g/mol. The number of nitrogens with zero attached hydrogens (tertiary/aromatic N) is 3. The highest BCUT2D eigenvalue weighted by molar-refractivity contribution is 5.79. The second-order valence-electron chi connectivity index (χ2n) is 7.14. The summed E-state index contributed by atoms with van der Waals surface area (Å²) in [6, 6.07) is 0.593. The Balaban J connectivity index is 1.55. The highest BCUT2D eigenvalue weighted by atomic mass is 16.2. The zero-order valence-corrected chi connectivity index (χ0v) is 14.0. The molecule has 0 aromatic carbocycles. The van der Waals surface area contributed by atoms with Gasteiger partial charge in [-0.2, -0.15) is 5.10 Å². The number of rotatable bonds is 3. The van der Waals surface area contributed by atoms with Crippen molar-refractivity contribution in [2.24, 2.45) is 5.92 Å². The van der Waals surface area contributed by atoms with Crippen LogP contribution in [0.2, 0.25) is 0 Å². The summed E-state index contributed by atoms with van der Waals surface area (Å²) >= 11 is 0. The Morgan fingerprint density at radius 2 is 2.00 bits per heavy atom. The third-order valence-electron chi connectivity index (χ3n) is 5.39. The van der Waals surface area contributed by atoms with Crippen molar-refractivity contribution in [2.45, 2.75) is 52.0 Å². The lowest BCUT2D eigenvalue weighted by Gasteiger charge is -2.35. The molecule has 2 aliphatic rings. The summed E-state index contributed by atoms with van der Waals surface area (Å²) in [4.78, 5) is 17.3. The second kappa shape index (κ2) is 6.41. The lowest BCUT2D eigenvalue weighted by atomic mass is 9.94. The minimum absolute atomic E-state index is 0.233. The fraction of sp³-hybridized carbons (Fsp3) is 0.765. The van der Waals surface area contributed by atoms with E-state index in [-0.39, 0.29) is 5.92 Å². The lowest BCUT2D eigenvalue weighted by Crippen LogP contribution is -2.43. The van der Waals surface area contributed by atoms with Crippen molar-refractivity contribution < 1.29 is 4.79 Å². The molecule has 0 spiro atoms. The van der Waals surface area contributed by atoms with Crippen LogP contribution in [0.5, 0.6) is 0 Å². The van der Waals surface area contributed by atoms with Crippen LogP contribution in [0, 0.1) is 12.8 Å². The third kappa shape index (κ3) is 3.05. The molecular weight excluding hydrogens is 276 g/mol. The molecule has 5 heteroatoms. The van der Waals surface area contributed by atoms with Crippen molar-refractivity contribution in [2.75, 3.05) is 26.2 Å². The van der Waals surface area contributed by atoms with E-state index < -0.39 is 0 Å². The topological polar surface area (TPSA) is 52.2 Å². The number of piperidine rings is 1. The number of carbonyl (C=O) groups is 1. The van der Waals surface area contributed by atoms with Crippen molar-refractivity contribution in [1.29, 1.82) is 0 Å². The van der Waals surface area contributed by atoms with Gasteiger partial charge in [0.1, 0.15) is 0 Å². The Morgan fingerprint density at radius 3 is 2.59 bits per heavy atom. The predicted octanol–water partition coefficient (Wildman–Crippen LogP) is 2.15. The number of H-pyrrole nitrogens is 1. The molecule has 2 saturated heterocycles. The number of aryl methyl sites for hydroxylation is 1. The van der Waals surface area contributed by atoms with E-state index in [0.717, 1.165) is 45.4 Å². The predicted molar refractivity (Wildman–Crippen MR) is 86.7 cm³/mol. The molecule has 1 amide bonds. The molecule has 22 heavy (non-hydrogen) atoms. The van der Waals surface area contributed by atoms with Crippen LogP contribution < -0.4 is 0 Å². The molecular formula is C17H28N4O. The fourth-order valence-electron chi connectivity index (χ4n) is 3.89. The normalized spacial score (nSPS) is 24.4. The minimum atomic E-state index is 0.233. The Hall–Kier alpha value is -1.36. The molecule has 1 aromatic heterocycles. The molecule has 0 unspecified atom stereocenters. The van der Waals surface area contributed by atoms with Crippen molar-refractivity contribution in [1.82, 2.24) is 20.0 Å². The number of hydrogen-bond acceptors (Lipinski definition) is 3. The van der Waals surface area contributed by atoms with Crippen LogP contribution in [0.3, 0.4) is 0 Å². The maximum atomic E-state index is 12.8. The molecule has 3 heterocycles. The standard InChI is InChI=1S/C17H28N4O/c1-12(2)20-7-4-14(5-8-20)17(22)21-9-6-15(11-21)16-13(3)10-18-19-16/h10,12,14-15H,4-9,11H2,1-3H3,(H,18,19)/t15-/m1/s1. The Bertz CT molecular complexity index is 516. The van der Waals surface area contributed by atoms with Gasteiger partial charge < -0.3 is 9.80 Å². The summed E-state index contributed by atoms with van der Waals surface area (Å²) in [5.41, 5.74) is 2.43. The molecule has 1 atom stereocenters. The van der Waals surface area contributed by atoms with E-state index >= 15 is 0 Å². The number of carbonyl (C=O) groups excluding carboxylic acids is 1. The number of nitrogens with one attached hydrogen (secondary N) is 1. The fourth-order valence-corrected chi connectivity index (χ4v) is 3.89. The average Bonchev–Trinajstić information content (AvgIpc) is 3.15. The van der Waals surface area contributed by atoms with Gasteiger partial charge in [-0.15, -0.1) is 0 Å². The zero-order chi connectivity index (χ0) is 15.7. The molecule has 122 valence electrons. The van der Waals surface area contributed by atoms with Crippen LogP contribution >= 0.6 is 0 Å². The van der Waals surface area contributed by atoms with Crippen LogP contribution in [0.1, 0.15) is 50.3 Å².